The molecule has 1 aromatic carbocycles. The molecule has 4 heteroatoms. The molecule has 0 saturated heterocycles. The third kappa shape index (κ3) is 4.15. The van der Waals surface area contributed by atoms with Crippen LogP contribution in [0.3, 0.4) is 0 Å². The molecule has 22 heavy (non-hydrogen) atoms. The molecule has 0 N–H and O–H groups in total. The van der Waals surface area contributed by atoms with E-state index >= 15 is 0 Å². The van der Waals surface area contributed by atoms with Gasteiger partial charge in [0.1, 0.15) is 5.01 Å². The van der Waals surface area contributed by atoms with Crippen molar-refractivity contribution in [1.82, 2.24) is 9.88 Å². The van der Waals surface area contributed by atoms with Crippen LogP contribution >= 0.6 is 11.3 Å². The Morgan fingerprint density at radius 1 is 1.23 bits per heavy atom. The van der Waals surface area contributed by atoms with Gasteiger partial charge in [0.25, 0.3) is 0 Å². The number of benzene rings is 1. The van der Waals surface area contributed by atoms with Crippen LogP contribution in [-0.2, 0) is 11.2 Å². The van der Waals surface area contributed by atoms with Crippen LogP contribution in [0.4, 0.5) is 0 Å². The molecule has 3 nitrogen and oxygen atoms in total. The van der Waals surface area contributed by atoms with Gasteiger partial charge in [0, 0.05) is 24.0 Å². The van der Waals surface area contributed by atoms with Crippen LogP contribution in [-0.4, -0.2) is 28.9 Å². The normalized spacial score (nSPS) is 10.2. The Hall–Kier alpha value is -2.20. The Labute approximate surface area is 135 Å². The average Bonchev–Trinajstić information content (AvgIpc) is 2.96. The van der Waals surface area contributed by atoms with Crippen LogP contribution in [0.5, 0.6) is 0 Å². The molecule has 0 aliphatic rings. The molecule has 0 saturated carbocycles. The van der Waals surface area contributed by atoms with E-state index < -0.39 is 0 Å². The smallest absolute Gasteiger partial charge is 0.229 e. The Morgan fingerprint density at radius 3 is 2.45 bits per heavy atom. The second kappa shape index (κ2) is 7.71. The summed E-state index contributed by atoms with van der Waals surface area (Å²) < 4.78 is 0. The zero-order valence-corrected chi connectivity index (χ0v) is 13.6. The number of amides is 1. The molecular formula is C18H20N2OS. The summed E-state index contributed by atoms with van der Waals surface area (Å²) >= 11 is 1.57. The standard InChI is InChI=1S/C18H20N2OS/c1-4-10-20(11-5-2)17(21)12-16-13-22-18(19-16)15-8-6-14(3)7-9-15/h4-9,13H,1-2,10-12H2,3H3. The summed E-state index contributed by atoms with van der Waals surface area (Å²) in [6, 6.07) is 8.25. The number of aryl methyl sites for hydroxylation is 1. The Balaban J connectivity index is 2.07. The highest BCUT2D eigenvalue weighted by Crippen LogP contribution is 2.24. The lowest BCUT2D eigenvalue weighted by molar-refractivity contribution is -0.129. The lowest BCUT2D eigenvalue weighted by Gasteiger charge is -2.18. The van der Waals surface area contributed by atoms with Gasteiger partial charge in [-0.3, -0.25) is 4.79 Å². The van der Waals surface area contributed by atoms with Crippen molar-refractivity contribution >= 4 is 17.2 Å². The summed E-state index contributed by atoms with van der Waals surface area (Å²) in [5.74, 6) is 0.0422. The van der Waals surface area contributed by atoms with E-state index in [1.165, 1.54) is 5.56 Å². The van der Waals surface area contributed by atoms with E-state index in [1.807, 2.05) is 5.38 Å². The predicted molar refractivity (Wildman–Crippen MR) is 93.0 cm³/mol. The molecule has 2 rings (SSSR count). The van der Waals surface area contributed by atoms with E-state index in [4.69, 9.17) is 0 Å². The fourth-order valence-corrected chi connectivity index (χ4v) is 2.90. The molecule has 1 aromatic heterocycles. The van der Waals surface area contributed by atoms with Crippen molar-refractivity contribution in [1.29, 1.82) is 0 Å². The Bertz CT molecular complexity index is 648. The minimum atomic E-state index is 0.0422. The van der Waals surface area contributed by atoms with Crippen LogP contribution in [0.25, 0.3) is 10.6 Å². The first-order valence-electron chi connectivity index (χ1n) is 7.15. The predicted octanol–water partition coefficient (Wildman–Crippen LogP) is 3.86. The lowest BCUT2D eigenvalue weighted by Crippen LogP contribution is -2.32. The monoisotopic (exact) mass is 312 g/mol. The molecule has 0 atom stereocenters. The zero-order valence-electron chi connectivity index (χ0n) is 12.8. The molecule has 1 heterocycles. The average molecular weight is 312 g/mol. The molecule has 0 aliphatic heterocycles. The maximum Gasteiger partial charge on any atom is 0.229 e. The molecule has 114 valence electrons. The van der Waals surface area contributed by atoms with Gasteiger partial charge in [-0.2, -0.15) is 0 Å². The van der Waals surface area contributed by atoms with E-state index in [0.717, 1.165) is 16.3 Å². The molecule has 0 unspecified atom stereocenters. The zero-order chi connectivity index (χ0) is 15.9. The maximum atomic E-state index is 12.3. The third-order valence-corrected chi connectivity index (χ3v) is 4.17. The van der Waals surface area contributed by atoms with Gasteiger partial charge in [-0.25, -0.2) is 4.98 Å². The summed E-state index contributed by atoms with van der Waals surface area (Å²) in [4.78, 5) is 18.6. The quantitative estimate of drug-likeness (QED) is 0.727. The second-order valence-electron chi connectivity index (χ2n) is 5.06. The van der Waals surface area contributed by atoms with Crippen LogP contribution in [0.15, 0.2) is 55.0 Å². The summed E-state index contributed by atoms with van der Waals surface area (Å²) in [6.45, 7) is 10.5. The van der Waals surface area contributed by atoms with Gasteiger partial charge in [0.15, 0.2) is 0 Å². The van der Waals surface area contributed by atoms with Crippen LogP contribution in [0.2, 0.25) is 0 Å². The van der Waals surface area contributed by atoms with Crippen LogP contribution < -0.4 is 0 Å². The second-order valence-corrected chi connectivity index (χ2v) is 5.92. The lowest BCUT2D eigenvalue weighted by atomic mass is 10.2. The Kier molecular flexibility index (Phi) is 5.67. The number of nitrogens with zero attached hydrogens (tertiary/aromatic N) is 2. The molecule has 0 fully saturated rings. The number of aromatic nitrogens is 1. The first-order valence-corrected chi connectivity index (χ1v) is 8.03. The topological polar surface area (TPSA) is 33.2 Å². The first-order chi connectivity index (χ1) is 10.6. The molecule has 0 spiro atoms. The van der Waals surface area contributed by atoms with Crippen molar-refractivity contribution in [2.75, 3.05) is 13.1 Å². The molecular weight excluding hydrogens is 292 g/mol. The van der Waals surface area contributed by atoms with Crippen molar-refractivity contribution in [3.05, 3.63) is 66.2 Å². The number of carbonyl (C=O) groups is 1. The number of hydrogen-bond donors (Lipinski definition) is 0. The van der Waals surface area contributed by atoms with Crippen molar-refractivity contribution < 1.29 is 4.79 Å². The molecule has 1 amide bonds. The van der Waals surface area contributed by atoms with Crippen LogP contribution in [0, 0.1) is 6.92 Å². The van der Waals surface area contributed by atoms with E-state index in [1.54, 1.807) is 28.4 Å². The molecule has 0 radical (unpaired) electrons. The summed E-state index contributed by atoms with van der Waals surface area (Å²) in [7, 11) is 0. The number of hydrogen-bond acceptors (Lipinski definition) is 3. The van der Waals surface area contributed by atoms with Crippen molar-refractivity contribution in [2.45, 2.75) is 13.3 Å². The number of carbonyl (C=O) groups excluding carboxylic acids is 1. The molecule has 2 aromatic rings. The van der Waals surface area contributed by atoms with Gasteiger partial charge in [-0.1, -0.05) is 42.0 Å². The highest BCUT2D eigenvalue weighted by molar-refractivity contribution is 7.13. The van der Waals surface area contributed by atoms with E-state index in [9.17, 15) is 4.79 Å². The fraction of sp³-hybridized carbons (Fsp3) is 0.222. The van der Waals surface area contributed by atoms with E-state index in [-0.39, 0.29) is 5.91 Å². The van der Waals surface area contributed by atoms with Gasteiger partial charge >= 0.3 is 0 Å². The summed E-state index contributed by atoms with van der Waals surface area (Å²) in [5, 5.41) is 2.90. The van der Waals surface area contributed by atoms with Crippen molar-refractivity contribution in [3.8, 4) is 10.6 Å². The molecule has 0 bridgehead atoms. The Morgan fingerprint density at radius 2 is 1.86 bits per heavy atom. The van der Waals surface area contributed by atoms with Crippen molar-refractivity contribution in [2.24, 2.45) is 0 Å². The third-order valence-electron chi connectivity index (χ3n) is 3.23. The summed E-state index contributed by atoms with van der Waals surface area (Å²) in [6.07, 6.45) is 3.75. The van der Waals surface area contributed by atoms with Gasteiger partial charge in [0.2, 0.25) is 5.91 Å². The minimum absolute atomic E-state index is 0.0422. The van der Waals surface area contributed by atoms with Gasteiger partial charge in [-0.15, -0.1) is 24.5 Å². The SMILES string of the molecule is C=CCN(CC=C)C(=O)Cc1csc(-c2ccc(C)cc2)n1. The highest BCUT2D eigenvalue weighted by Gasteiger charge is 2.14. The fourth-order valence-electron chi connectivity index (χ4n) is 2.07. The summed E-state index contributed by atoms with van der Waals surface area (Å²) in [5.41, 5.74) is 3.12. The van der Waals surface area contributed by atoms with Gasteiger partial charge in [0.05, 0.1) is 12.1 Å². The van der Waals surface area contributed by atoms with Gasteiger partial charge < -0.3 is 4.90 Å². The first kappa shape index (κ1) is 16.2. The number of rotatable bonds is 7. The highest BCUT2D eigenvalue weighted by atomic mass is 32.1. The maximum absolute atomic E-state index is 12.3. The molecule has 0 aliphatic carbocycles. The van der Waals surface area contributed by atoms with Crippen molar-refractivity contribution in [3.63, 3.8) is 0 Å². The van der Waals surface area contributed by atoms with E-state index in [2.05, 4.69) is 49.3 Å². The largest absolute Gasteiger partial charge is 0.335 e. The van der Waals surface area contributed by atoms with E-state index in [0.29, 0.717) is 19.5 Å². The van der Waals surface area contributed by atoms with Crippen LogP contribution in [0.1, 0.15) is 11.3 Å². The minimum Gasteiger partial charge on any atom is -0.335 e. The van der Waals surface area contributed by atoms with Gasteiger partial charge in [-0.05, 0) is 6.92 Å². The number of thiazole rings is 1.